The molecule has 0 aromatic carbocycles. The van der Waals surface area contributed by atoms with Crippen LogP contribution in [0.5, 0.6) is 0 Å². The van der Waals surface area contributed by atoms with Crippen molar-refractivity contribution < 1.29 is 9.53 Å². The molecule has 0 saturated heterocycles. The maximum Gasteiger partial charge on any atom is 0.221 e. The first-order chi connectivity index (χ1) is 10.1. The fraction of sp³-hybridized carbons (Fsp3) is 0.643. The van der Waals surface area contributed by atoms with Gasteiger partial charge in [0.15, 0.2) is 0 Å². The highest BCUT2D eigenvalue weighted by atomic mass is 35.5. The van der Waals surface area contributed by atoms with E-state index in [1.807, 2.05) is 6.92 Å². The van der Waals surface area contributed by atoms with Crippen LogP contribution in [0.25, 0.3) is 0 Å². The maximum atomic E-state index is 11.6. The van der Waals surface area contributed by atoms with Crippen molar-refractivity contribution in [3.8, 4) is 0 Å². The number of hydrogen-bond donors (Lipinski definition) is 2. The van der Waals surface area contributed by atoms with Crippen LogP contribution in [0.1, 0.15) is 36.6 Å². The highest BCUT2D eigenvalue weighted by Gasteiger charge is 2.27. The third-order valence-electron chi connectivity index (χ3n) is 3.32. The number of carbonyl (C=O) groups excluding carboxylic acids is 1. The number of rotatable bonds is 8. The van der Waals surface area contributed by atoms with Crippen LogP contribution in [-0.2, 0) is 9.53 Å². The summed E-state index contributed by atoms with van der Waals surface area (Å²) >= 11 is 6.13. The van der Waals surface area contributed by atoms with Crippen molar-refractivity contribution in [3.05, 3.63) is 16.5 Å². The molecule has 1 heterocycles. The molecule has 0 spiro atoms. The number of nitrogens with one attached hydrogen (secondary N) is 2. The maximum absolute atomic E-state index is 11.6. The molecule has 2 rings (SSSR count). The Kier molecular flexibility index (Phi) is 5.76. The van der Waals surface area contributed by atoms with Gasteiger partial charge >= 0.3 is 0 Å². The average molecular weight is 313 g/mol. The monoisotopic (exact) mass is 312 g/mol. The molecule has 116 valence electrons. The lowest BCUT2D eigenvalue weighted by molar-refractivity contribution is -0.121. The number of amides is 1. The molecule has 7 heteroatoms. The highest BCUT2D eigenvalue weighted by Crippen LogP contribution is 2.39. The first-order valence-electron chi connectivity index (χ1n) is 7.15. The smallest absolute Gasteiger partial charge is 0.221 e. The molecule has 1 aromatic heterocycles. The van der Waals surface area contributed by atoms with Gasteiger partial charge in [-0.05, 0) is 19.8 Å². The van der Waals surface area contributed by atoms with Gasteiger partial charge < -0.3 is 15.4 Å². The van der Waals surface area contributed by atoms with Gasteiger partial charge in [0, 0.05) is 38.1 Å². The van der Waals surface area contributed by atoms with Gasteiger partial charge in [-0.25, -0.2) is 9.97 Å². The predicted octanol–water partition coefficient (Wildman–Crippen LogP) is 1.88. The van der Waals surface area contributed by atoms with Gasteiger partial charge in [0.1, 0.15) is 16.8 Å². The zero-order valence-electron chi connectivity index (χ0n) is 12.4. The summed E-state index contributed by atoms with van der Waals surface area (Å²) in [4.78, 5) is 20.4. The lowest BCUT2D eigenvalue weighted by Crippen LogP contribution is -2.28. The predicted molar refractivity (Wildman–Crippen MR) is 81.7 cm³/mol. The topological polar surface area (TPSA) is 76.1 Å². The van der Waals surface area contributed by atoms with Crippen molar-refractivity contribution in [1.29, 1.82) is 0 Å². The van der Waals surface area contributed by atoms with E-state index in [1.54, 1.807) is 7.11 Å². The van der Waals surface area contributed by atoms with Gasteiger partial charge in [0.25, 0.3) is 0 Å². The minimum Gasteiger partial charge on any atom is -0.383 e. The summed E-state index contributed by atoms with van der Waals surface area (Å²) in [5.74, 6) is 1.96. The number of halogens is 1. The molecule has 2 N–H and O–H groups in total. The second-order valence-electron chi connectivity index (χ2n) is 5.14. The van der Waals surface area contributed by atoms with Crippen LogP contribution >= 0.6 is 11.6 Å². The molecular formula is C14H21ClN4O2. The lowest BCUT2D eigenvalue weighted by Gasteiger charge is -2.11. The molecule has 0 unspecified atom stereocenters. The van der Waals surface area contributed by atoms with Crippen LogP contribution in [0.2, 0.25) is 5.15 Å². The van der Waals surface area contributed by atoms with Crippen LogP contribution in [0, 0.1) is 6.92 Å². The zero-order valence-corrected chi connectivity index (χ0v) is 13.2. The fourth-order valence-corrected chi connectivity index (χ4v) is 2.05. The SMILES string of the molecule is COCCNC(=O)CCNc1nc(C2CC2)nc(Cl)c1C. The van der Waals surface area contributed by atoms with Gasteiger partial charge in [-0.2, -0.15) is 0 Å². The van der Waals surface area contributed by atoms with Gasteiger partial charge in [0.2, 0.25) is 5.91 Å². The Morgan fingerprint density at radius 2 is 2.14 bits per heavy atom. The first-order valence-corrected chi connectivity index (χ1v) is 7.53. The number of nitrogens with zero attached hydrogens (tertiary/aromatic N) is 2. The van der Waals surface area contributed by atoms with Crippen molar-refractivity contribution >= 4 is 23.3 Å². The molecule has 1 amide bonds. The Bertz CT molecular complexity index is 506. The highest BCUT2D eigenvalue weighted by molar-refractivity contribution is 6.30. The molecular weight excluding hydrogens is 292 g/mol. The van der Waals surface area contributed by atoms with E-state index in [-0.39, 0.29) is 5.91 Å². The van der Waals surface area contributed by atoms with Crippen LogP contribution in [0.15, 0.2) is 0 Å². The van der Waals surface area contributed by atoms with E-state index in [0.717, 1.165) is 30.0 Å². The summed E-state index contributed by atoms with van der Waals surface area (Å²) < 4.78 is 4.87. The van der Waals surface area contributed by atoms with E-state index in [2.05, 4.69) is 20.6 Å². The summed E-state index contributed by atoms with van der Waals surface area (Å²) in [5.41, 5.74) is 0.820. The summed E-state index contributed by atoms with van der Waals surface area (Å²) in [6.45, 7) is 3.43. The van der Waals surface area contributed by atoms with E-state index >= 15 is 0 Å². The normalized spacial score (nSPS) is 14.0. The summed E-state index contributed by atoms with van der Waals surface area (Å²) in [6.07, 6.45) is 2.63. The molecule has 1 aliphatic carbocycles. The number of aromatic nitrogens is 2. The van der Waals surface area contributed by atoms with Crippen LogP contribution in [-0.4, -0.2) is 42.7 Å². The van der Waals surface area contributed by atoms with Gasteiger partial charge in [-0.1, -0.05) is 11.6 Å². The number of hydrogen-bond acceptors (Lipinski definition) is 5. The minimum atomic E-state index is -0.0141. The van der Waals surface area contributed by atoms with Gasteiger partial charge in [-0.3, -0.25) is 4.79 Å². The van der Waals surface area contributed by atoms with E-state index < -0.39 is 0 Å². The van der Waals surface area contributed by atoms with Gasteiger partial charge in [0.05, 0.1) is 6.61 Å². The third-order valence-corrected chi connectivity index (χ3v) is 3.69. The second-order valence-corrected chi connectivity index (χ2v) is 5.50. The molecule has 21 heavy (non-hydrogen) atoms. The Balaban J connectivity index is 1.83. The molecule has 0 radical (unpaired) electrons. The van der Waals surface area contributed by atoms with Crippen molar-refractivity contribution in [1.82, 2.24) is 15.3 Å². The van der Waals surface area contributed by atoms with Gasteiger partial charge in [-0.15, -0.1) is 0 Å². The summed E-state index contributed by atoms with van der Waals surface area (Å²) in [7, 11) is 1.60. The molecule has 1 saturated carbocycles. The molecule has 1 aliphatic rings. The molecule has 6 nitrogen and oxygen atoms in total. The molecule has 0 aliphatic heterocycles. The zero-order chi connectivity index (χ0) is 15.2. The number of carbonyl (C=O) groups is 1. The minimum absolute atomic E-state index is 0.0141. The lowest BCUT2D eigenvalue weighted by atomic mass is 10.3. The first kappa shape index (κ1) is 16.0. The summed E-state index contributed by atoms with van der Waals surface area (Å²) in [5, 5.41) is 6.43. The van der Waals surface area contributed by atoms with Crippen molar-refractivity contribution in [2.75, 3.05) is 32.1 Å². The quantitative estimate of drug-likeness (QED) is 0.566. The number of anilines is 1. The number of ether oxygens (including phenoxy) is 1. The average Bonchev–Trinajstić information content (AvgIpc) is 3.28. The standard InChI is InChI=1S/C14H21ClN4O2/c1-9-12(15)18-14(10-3-4-10)19-13(9)17-6-5-11(20)16-7-8-21-2/h10H,3-8H2,1-2H3,(H,16,20)(H,17,18,19). The van der Waals surface area contributed by atoms with Crippen LogP contribution < -0.4 is 10.6 Å². The van der Waals surface area contributed by atoms with E-state index in [4.69, 9.17) is 16.3 Å². The van der Waals surface area contributed by atoms with E-state index in [1.165, 1.54) is 0 Å². The Hall–Kier alpha value is -1.40. The third kappa shape index (κ3) is 4.82. The molecule has 1 aromatic rings. The van der Waals surface area contributed by atoms with Crippen molar-refractivity contribution in [2.24, 2.45) is 0 Å². The molecule has 0 bridgehead atoms. The number of methoxy groups -OCH3 is 1. The Labute approximate surface area is 129 Å². The van der Waals surface area contributed by atoms with Crippen molar-refractivity contribution in [2.45, 2.75) is 32.1 Å². The van der Waals surface area contributed by atoms with Crippen LogP contribution in [0.3, 0.4) is 0 Å². The van der Waals surface area contributed by atoms with E-state index in [9.17, 15) is 4.79 Å². The van der Waals surface area contributed by atoms with Crippen molar-refractivity contribution in [3.63, 3.8) is 0 Å². The second kappa shape index (κ2) is 7.56. The van der Waals surface area contributed by atoms with Crippen LogP contribution in [0.4, 0.5) is 5.82 Å². The molecule has 0 atom stereocenters. The van der Waals surface area contributed by atoms with E-state index in [0.29, 0.717) is 37.2 Å². The molecule has 1 fully saturated rings. The Morgan fingerprint density at radius 1 is 1.38 bits per heavy atom. The summed E-state index contributed by atoms with van der Waals surface area (Å²) in [6, 6.07) is 0. The largest absolute Gasteiger partial charge is 0.383 e. The Morgan fingerprint density at radius 3 is 2.81 bits per heavy atom. The fourth-order valence-electron chi connectivity index (χ4n) is 1.88.